The first kappa shape index (κ1) is 25.0. The molecule has 0 radical (unpaired) electrons. The molecule has 0 aromatic heterocycles. The van der Waals surface area contributed by atoms with Crippen LogP contribution >= 0.6 is 0 Å². The first-order chi connectivity index (χ1) is 18.7. The number of hydrogen-bond acceptors (Lipinski definition) is 6. The largest absolute Gasteiger partial charge is 0.508 e. The number of ketones is 2. The number of imide groups is 1. The van der Waals surface area contributed by atoms with Gasteiger partial charge in [0.2, 0.25) is 11.8 Å². The van der Waals surface area contributed by atoms with E-state index in [9.17, 15) is 24.3 Å². The van der Waals surface area contributed by atoms with Gasteiger partial charge in [0.15, 0.2) is 11.6 Å². The van der Waals surface area contributed by atoms with Crippen LogP contribution < -0.4 is 9.64 Å². The quantitative estimate of drug-likeness (QED) is 0.357. The summed E-state index contributed by atoms with van der Waals surface area (Å²) in [5, 5.41) is 10.9. The fourth-order valence-corrected chi connectivity index (χ4v) is 6.76. The molecule has 0 saturated carbocycles. The Morgan fingerprint density at radius 3 is 2.44 bits per heavy atom. The Morgan fingerprint density at radius 1 is 1.00 bits per heavy atom. The Balaban J connectivity index is 1.48. The number of nitrogens with zero attached hydrogens (tertiary/aromatic N) is 1. The number of Topliss-reactive ketones (excluding diaryl/α,β-unsaturated/α-hetero) is 1. The summed E-state index contributed by atoms with van der Waals surface area (Å²) in [6.45, 7) is 3.66. The molecule has 4 atom stereocenters. The van der Waals surface area contributed by atoms with Gasteiger partial charge < -0.3 is 9.84 Å². The normalized spacial score (nSPS) is 26.2. The van der Waals surface area contributed by atoms with E-state index in [1.165, 1.54) is 24.2 Å². The van der Waals surface area contributed by atoms with Crippen molar-refractivity contribution in [2.45, 2.75) is 39.0 Å². The highest BCUT2D eigenvalue weighted by Crippen LogP contribution is 2.56. The maximum atomic E-state index is 14.0. The van der Waals surface area contributed by atoms with Gasteiger partial charge in [0.1, 0.15) is 11.5 Å². The van der Waals surface area contributed by atoms with Crippen molar-refractivity contribution in [3.63, 3.8) is 0 Å². The zero-order chi connectivity index (χ0) is 27.6. The molecule has 3 aliphatic carbocycles. The number of fused-ring (bicyclic) bond motifs is 3. The number of amides is 2. The van der Waals surface area contributed by atoms with E-state index in [0.29, 0.717) is 40.1 Å². The van der Waals surface area contributed by atoms with Crippen molar-refractivity contribution >= 4 is 29.1 Å². The molecule has 0 bridgehead atoms. The van der Waals surface area contributed by atoms with Gasteiger partial charge in [-0.2, -0.15) is 0 Å². The van der Waals surface area contributed by atoms with Crippen LogP contribution in [0.5, 0.6) is 11.5 Å². The lowest BCUT2D eigenvalue weighted by atomic mass is 9.59. The maximum Gasteiger partial charge on any atom is 0.238 e. The third-order valence-electron chi connectivity index (χ3n) is 8.71. The van der Waals surface area contributed by atoms with Gasteiger partial charge in [-0.1, -0.05) is 30.7 Å². The van der Waals surface area contributed by atoms with E-state index in [1.54, 1.807) is 31.2 Å². The van der Waals surface area contributed by atoms with E-state index >= 15 is 0 Å². The number of aromatic hydroxyl groups is 1. The van der Waals surface area contributed by atoms with E-state index in [-0.39, 0.29) is 35.6 Å². The highest BCUT2D eigenvalue weighted by molar-refractivity contribution is 6.25. The van der Waals surface area contributed by atoms with Crippen LogP contribution in [0.4, 0.5) is 5.69 Å². The molecule has 1 N–H and O–H groups in total. The third-order valence-corrected chi connectivity index (χ3v) is 8.71. The molecule has 2 aromatic carbocycles. The highest BCUT2D eigenvalue weighted by Gasteiger charge is 2.56. The van der Waals surface area contributed by atoms with Gasteiger partial charge in [-0.3, -0.25) is 24.1 Å². The van der Waals surface area contributed by atoms with E-state index in [0.717, 1.165) is 17.6 Å². The molecule has 39 heavy (non-hydrogen) atoms. The highest BCUT2D eigenvalue weighted by atomic mass is 16.5. The number of phenols is 1. The third kappa shape index (κ3) is 3.71. The van der Waals surface area contributed by atoms with E-state index in [1.807, 2.05) is 25.1 Å². The lowest BCUT2D eigenvalue weighted by molar-refractivity contribution is -0.123. The van der Waals surface area contributed by atoms with Crippen LogP contribution in [0.15, 0.2) is 76.9 Å². The Labute approximate surface area is 226 Å². The van der Waals surface area contributed by atoms with E-state index in [2.05, 4.69) is 0 Å². The van der Waals surface area contributed by atoms with Crippen LogP contribution in [-0.2, 0) is 25.6 Å². The topological polar surface area (TPSA) is 101 Å². The van der Waals surface area contributed by atoms with E-state index < -0.39 is 23.7 Å². The number of aryl methyl sites for hydroxylation is 1. The molecule has 1 heterocycles. The van der Waals surface area contributed by atoms with Crippen molar-refractivity contribution in [1.82, 2.24) is 0 Å². The summed E-state index contributed by atoms with van der Waals surface area (Å²) in [6.07, 6.45) is 4.67. The Bertz CT molecular complexity index is 1540. The smallest absolute Gasteiger partial charge is 0.238 e. The molecule has 6 rings (SSSR count). The standard InChI is InChI=1S/C32H29NO6/c1-4-17-5-7-18(8-6-17)33-31(37)21-11-10-20-22(28(21)32(33)38)15-24-29(26(35)13-16(2)30(24)36)27(20)23-14-19(39-3)9-12-25(23)34/h5-10,12-14,21-22,27-28,34H,4,11,15H2,1-3H3/t21-,22+,27+,28-/m0/s1. The molecule has 1 aliphatic heterocycles. The first-order valence-electron chi connectivity index (χ1n) is 13.3. The maximum absolute atomic E-state index is 14.0. The summed E-state index contributed by atoms with van der Waals surface area (Å²) in [6, 6.07) is 12.2. The van der Waals surface area contributed by atoms with Crippen molar-refractivity contribution in [3.05, 3.63) is 88.0 Å². The van der Waals surface area contributed by atoms with Crippen LogP contribution in [-0.4, -0.2) is 35.6 Å². The van der Waals surface area contributed by atoms with Gasteiger partial charge >= 0.3 is 0 Å². The Morgan fingerprint density at radius 2 is 1.74 bits per heavy atom. The fraction of sp³-hybridized carbons (Fsp3) is 0.312. The molecule has 1 saturated heterocycles. The van der Waals surface area contributed by atoms with Crippen molar-refractivity contribution in [3.8, 4) is 11.5 Å². The first-order valence-corrected chi connectivity index (χ1v) is 13.3. The minimum Gasteiger partial charge on any atom is -0.508 e. The summed E-state index contributed by atoms with van der Waals surface area (Å²) in [7, 11) is 1.51. The van der Waals surface area contributed by atoms with Gasteiger partial charge in [-0.15, -0.1) is 0 Å². The molecule has 1 fully saturated rings. The number of carbonyl (C=O) groups excluding carboxylic acids is 4. The van der Waals surface area contributed by atoms with Crippen LogP contribution in [0.2, 0.25) is 0 Å². The molecule has 2 amide bonds. The fourth-order valence-electron chi connectivity index (χ4n) is 6.76. The summed E-state index contributed by atoms with van der Waals surface area (Å²) >= 11 is 0. The number of allylic oxidation sites excluding steroid dienone is 6. The number of anilines is 1. The van der Waals surface area contributed by atoms with E-state index in [4.69, 9.17) is 4.74 Å². The second kappa shape index (κ2) is 9.19. The number of methoxy groups -OCH3 is 1. The molecule has 0 spiro atoms. The number of hydrogen-bond donors (Lipinski definition) is 1. The van der Waals surface area contributed by atoms with Gasteiger partial charge in [0, 0.05) is 28.2 Å². The molecule has 7 heteroatoms. The SMILES string of the molecule is CCc1ccc(N2C(=O)[C@H]3[C@H](CC=C4[C@H](c5cc(OC)ccc5O)C5=C(C[C@H]43)C(=O)C(C)=CC5=O)C2=O)cc1. The molecule has 2 aromatic rings. The van der Waals surface area contributed by atoms with Crippen LogP contribution in [0.25, 0.3) is 0 Å². The molecule has 4 aliphatic rings. The van der Waals surface area contributed by atoms with Crippen molar-refractivity contribution < 1.29 is 29.0 Å². The number of carbonyl (C=O) groups is 4. The predicted octanol–water partition coefficient (Wildman–Crippen LogP) is 4.60. The van der Waals surface area contributed by atoms with Crippen LogP contribution in [0.1, 0.15) is 43.7 Å². The summed E-state index contributed by atoms with van der Waals surface area (Å²) in [5.41, 5.74) is 3.92. The van der Waals surface area contributed by atoms with Gasteiger partial charge in [-0.25, -0.2) is 0 Å². The summed E-state index contributed by atoms with van der Waals surface area (Å²) in [4.78, 5) is 55.6. The Hall–Kier alpha value is -4.26. The second-order valence-corrected chi connectivity index (χ2v) is 10.7. The van der Waals surface area contributed by atoms with Gasteiger partial charge in [0.25, 0.3) is 0 Å². The lowest BCUT2D eigenvalue weighted by Crippen LogP contribution is -2.39. The minimum atomic E-state index is -0.726. The van der Waals surface area contributed by atoms with Crippen molar-refractivity contribution in [2.75, 3.05) is 12.0 Å². The van der Waals surface area contributed by atoms with Crippen molar-refractivity contribution in [1.29, 1.82) is 0 Å². The Kier molecular flexibility index (Phi) is 5.90. The number of benzene rings is 2. The average Bonchev–Trinajstić information content (AvgIpc) is 3.20. The van der Waals surface area contributed by atoms with Crippen LogP contribution in [0.3, 0.4) is 0 Å². The zero-order valence-electron chi connectivity index (χ0n) is 22.1. The minimum absolute atomic E-state index is 0.0330. The molecular formula is C32H29NO6. The van der Waals surface area contributed by atoms with Crippen molar-refractivity contribution in [2.24, 2.45) is 17.8 Å². The predicted molar refractivity (Wildman–Crippen MR) is 144 cm³/mol. The van der Waals surface area contributed by atoms with Crippen LogP contribution in [0, 0.1) is 17.8 Å². The number of ether oxygens (including phenoxy) is 1. The average molecular weight is 524 g/mol. The molecule has 7 nitrogen and oxygen atoms in total. The zero-order valence-corrected chi connectivity index (χ0v) is 22.1. The molecule has 198 valence electrons. The number of rotatable bonds is 4. The monoisotopic (exact) mass is 523 g/mol. The lowest BCUT2D eigenvalue weighted by Gasteiger charge is -2.42. The van der Waals surface area contributed by atoms with Gasteiger partial charge in [0.05, 0.1) is 24.6 Å². The summed E-state index contributed by atoms with van der Waals surface area (Å²) < 4.78 is 5.40. The molecular weight excluding hydrogens is 494 g/mol. The second-order valence-electron chi connectivity index (χ2n) is 10.7. The molecule has 0 unspecified atom stereocenters. The number of phenolic OH excluding ortho intramolecular Hbond substituents is 1. The van der Waals surface area contributed by atoms with Gasteiger partial charge in [-0.05, 0) is 74.1 Å². The summed E-state index contributed by atoms with van der Waals surface area (Å²) in [5.74, 6) is -2.98.